The predicted molar refractivity (Wildman–Crippen MR) is 397 cm³/mol. The molecule has 1 aliphatic carbocycles. The monoisotopic (exact) mass is 1410 g/mol. The van der Waals surface area contributed by atoms with Gasteiger partial charge in [-0.05, 0) is 137 Å². The largest absolute Gasteiger partial charge is 0.483 e. The summed E-state index contributed by atoms with van der Waals surface area (Å²) in [5.74, 6) is -3.04. The lowest BCUT2D eigenvalue weighted by atomic mass is 9.79. The molecule has 4 aromatic heterocycles. The average Bonchev–Trinajstić information content (AvgIpc) is 0.764. The predicted octanol–water partition coefficient (Wildman–Crippen LogP) is 9.67. The van der Waals surface area contributed by atoms with Gasteiger partial charge in [0.15, 0.2) is 26.4 Å². The fourth-order valence-electron chi connectivity index (χ4n) is 11.4. The molecule has 0 radical (unpaired) electrons. The average molecular weight is 1410 g/mol. The molecular weight excluding hydrogens is 1320 g/mol. The zero-order chi connectivity index (χ0) is 74.9. The maximum Gasteiger partial charge on any atom is 0.258 e. The number of amides is 8. The number of rotatable bonds is 24. The number of aromatic nitrogens is 4. The van der Waals surface area contributed by atoms with E-state index >= 15 is 0 Å². The minimum Gasteiger partial charge on any atom is -0.483 e. The van der Waals surface area contributed by atoms with Crippen molar-refractivity contribution in [2.45, 2.75) is 130 Å². The van der Waals surface area contributed by atoms with Crippen LogP contribution in [0.5, 0.6) is 23.0 Å². The van der Waals surface area contributed by atoms with Gasteiger partial charge < -0.3 is 61.5 Å². The number of hydrogen-bond acceptors (Lipinski definition) is 16. The van der Waals surface area contributed by atoms with E-state index < -0.39 is 95.3 Å². The Morgan fingerprint density at radius 2 is 0.442 bits per heavy atom. The van der Waals surface area contributed by atoms with Crippen molar-refractivity contribution < 1.29 is 57.3 Å². The Hall–Kier alpha value is -11.6. The van der Waals surface area contributed by atoms with Gasteiger partial charge in [-0.3, -0.25) is 58.3 Å². The van der Waals surface area contributed by atoms with Crippen LogP contribution in [-0.4, -0.2) is 120 Å². The molecule has 4 aromatic carbocycles. The second kappa shape index (κ2) is 33.9. The molecule has 8 N–H and O–H groups in total. The summed E-state index contributed by atoms with van der Waals surface area (Å²) in [5.41, 5.74) is 8.34. The molecule has 104 heavy (non-hydrogen) atoms. The highest BCUT2D eigenvalue weighted by molar-refractivity contribution is 5.97. The van der Waals surface area contributed by atoms with Crippen molar-refractivity contribution in [2.75, 3.05) is 73.9 Å². The van der Waals surface area contributed by atoms with Crippen LogP contribution < -0.4 is 61.5 Å². The molecule has 0 aliphatic heterocycles. The van der Waals surface area contributed by atoms with E-state index in [1.54, 1.807) is 48.5 Å². The second-order valence-corrected chi connectivity index (χ2v) is 29.6. The molecule has 24 nitrogen and oxygen atoms in total. The SMILES string of the molecule is CC(C)(C)c1cc2c(OCC(=O)NCC(=O)Nc3ccncc3)c(c1)Cc1cc(C(C)(C)C)cc(c1OCC(=O)NCC(=O)Nc1ccncc1)Cc1cc(C(C)(C)C)cc(c1OCC(=O)NCC(=O)Nc1ccncc1)Cc1cc(C(C)(C)C)cc(c1OCC(=O)NCC(=O)Nc1ccncc1)C2. The summed E-state index contributed by atoms with van der Waals surface area (Å²) in [6, 6.07) is 29.3. The summed E-state index contributed by atoms with van der Waals surface area (Å²) in [7, 11) is 0. The van der Waals surface area contributed by atoms with E-state index in [1.807, 2.05) is 48.5 Å². The number of fused-ring (bicyclic) bond motifs is 8. The molecule has 0 spiro atoms. The van der Waals surface area contributed by atoms with Crippen LogP contribution >= 0.6 is 0 Å². The van der Waals surface area contributed by atoms with E-state index in [1.165, 1.54) is 49.6 Å². The molecule has 8 bridgehead atoms. The summed E-state index contributed by atoms with van der Waals surface area (Å²) in [5, 5.41) is 21.9. The van der Waals surface area contributed by atoms with Crippen molar-refractivity contribution >= 4 is 70.0 Å². The van der Waals surface area contributed by atoms with Crippen LogP contribution in [0.4, 0.5) is 22.7 Å². The number of ether oxygens (including phenoxy) is 4. The van der Waals surface area contributed by atoms with Crippen molar-refractivity contribution in [3.8, 4) is 23.0 Å². The summed E-state index contributed by atoms with van der Waals surface area (Å²) < 4.78 is 27.5. The first-order valence-electron chi connectivity index (χ1n) is 34.3. The van der Waals surface area contributed by atoms with Gasteiger partial charge in [0, 0.05) is 98.0 Å². The van der Waals surface area contributed by atoms with Crippen LogP contribution in [0.25, 0.3) is 0 Å². The van der Waals surface area contributed by atoms with Gasteiger partial charge in [0.1, 0.15) is 23.0 Å². The Morgan fingerprint density at radius 1 is 0.279 bits per heavy atom. The minimum absolute atomic E-state index is 0.0710. The van der Waals surface area contributed by atoms with Gasteiger partial charge in [0.2, 0.25) is 23.6 Å². The van der Waals surface area contributed by atoms with Crippen LogP contribution in [0, 0.1) is 0 Å². The molecule has 24 heteroatoms. The molecule has 8 aromatic rings. The Morgan fingerprint density at radius 3 is 0.596 bits per heavy atom. The van der Waals surface area contributed by atoms with Crippen molar-refractivity contribution in [2.24, 2.45) is 0 Å². The van der Waals surface area contributed by atoms with E-state index in [0.29, 0.717) is 90.3 Å². The lowest BCUT2D eigenvalue weighted by Gasteiger charge is -2.29. The van der Waals surface area contributed by atoms with Gasteiger partial charge in [0.25, 0.3) is 23.6 Å². The quantitative estimate of drug-likeness (QED) is 0.0279. The van der Waals surface area contributed by atoms with Crippen molar-refractivity contribution in [1.29, 1.82) is 0 Å². The molecule has 544 valence electrons. The van der Waals surface area contributed by atoms with Crippen LogP contribution in [0.2, 0.25) is 0 Å². The molecule has 0 saturated heterocycles. The first kappa shape index (κ1) is 76.6. The number of anilines is 4. The molecular formula is C80H92N12O12. The van der Waals surface area contributed by atoms with Gasteiger partial charge >= 0.3 is 0 Å². The van der Waals surface area contributed by atoms with E-state index in [2.05, 4.69) is 146 Å². The summed E-state index contributed by atoms with van der Waals surface area (Å²) in [4.78, 5) is 126. The zero-order valence-corrected chi connectivity index (χ0v) is 61.0. The number of nitrogens with zero attached hydrogens (tertiary/aromatic N) is 4. The summed E-state index contributed by atoms with van der Waals surface area (Å²) in [6.07, 6.45) is 12.6. The van der Waals surface area contributed by atoms with Gasteiger partial charge in [-0.25, -0.2) is 0 Å². The van der Waals surface area contributed by atoms with Crippen molar-refractivity contribution in [1.82, 2.24) is 41.2 Å². The van der Waals surface area contributed by atoms with Crippen molar-refractivity contribution in [3.63, 3.8) is 0 Å². The number of nitrogens with one attached hydrogen (secondary N) is 8. The highest BCUT2D eigenvalue weighted by Gasteiger charge is 2.31. The third-order valence-corrected chi connectivity index (χ3v) is 17.0. The topological polar surface area (TPSA) is 321 Å². The Labute approximate surface area is 606 Å². The molecule has 9 rings (SSSR count). The van der Waals surface area contributed by atoms with E-state index in [0.717, 1.165) is 22.3 Å². The second-order valence-electron chi connectivity index (χ2n) is 29.6. The Balaban J connectivity index is 1.24. The van der Waals surface area contributed by atoms with Gasteiger partial charge in [0.05, 0.1) is 26.2 Å². The third kappa shape index (κ3) is 22.2. The molecule has 0 unspecified atom stereocenters. The summed E-state index contributed by atoms with van der Waals surface area (Å²) >= 11 is 0. The summed E-state index contributed by atoms with van der Waals surface area (Å²) in [6.45, 7) is 21.3. The van der Waals surface area contributed by atoms with Crippen molar-refractivity contribution in [3.05, 3.63) is 213 Å². The molecule has 1 aliphatic rings. The maximum atomic E-state index is 14.2. The number of carbonyl (C=O) groups excluding carboxylic acids is 8. The lowest BCUT2D eigenvalue weighted by molar-refractivity contribution is -0.125. The number of hydrogen-bond donors (Lipinski definition) is 8. The van der Waals surface area contributed by atoms with E-state index in [9.17, 15) is 38.4 Å². The fourth-order valence-corrected chi connectivity index (χ4v) is 11.4. The van der Waals surface area contributed by atoms with E-state index in [-0.39, 0.29) is 51.9 Å². The van der Waals surface area contributed by atoms with E-state index in [4.69, 9.17) is 18.9 Å². The molecule has 0 saturated carbocycles. The Kier molecular flexibility index (Phi) is 25.0. The van der Waals surface area contributed by atoms with Gasteiger partial charge in [-0.2, -0.15) is 0 Å². The first-order chi connectivity index (χ1) is 49.3. The highest BCUT2D eigenvalue weighted by Crippen LogP contribution is 2.45. The number of benzene rings is 4. The van der Waals surface area contributed by atoms with Gasteiger partial charge in [-0.15, -0.1) is 0 Å². The van der Waals surface area contributed by atoms with Crippen LogP contribution in [0.1, 0.15) is 150 Å². The smallest absolute Gasteiger partial charge is 0.258 e. The van der Waals surface area contributed by atoms with Gasteiger partial charge in [-0.1, -0.05) is 132 Å². The highest BCUT2D eigenvalue weighted by atomic mass is 16.5. The molecule has 8 amide bonds. The van der Waals surface area contributed by atoms with Crippen LogP contribution in [0.3, 0.4) is 0 Å². The standard InChI is InChI=1S/C80H92N12O12/c1-77(2,3)57-33-49-29-51-35-58(78(4,5)6)37-53(74(51)102-46-70(98)86-42-66(94)90-62-15-23-82-24-16-62)31-55-39-60(80(10,11)12)40-56(76(55)104-48-72(100)88-44-68(96)92-64-19-27-84-28-20-64)32-54-38-59(79(7,8)9)36-52(75(54)103-47-71(99)87-43-67(95)91-63-17-25-83-26-18-63)30-50(34-57)73(49)101-45-69(97)85-41-65(93)89-61-13-21-81-22-14-61/h13-28,33-40H,29-32,41-48H2,1-12H3,(H,85,97)(H,86,98)(H,87,99)(H,88,100)(H,81,89,93)(H,82,90,94)(H,83,91,95)(H,84,92,96). The molecule has 0 atom stereocenters. The first-order valence-corrected chi connectivity index (χ1v) is 34.3. The minimum atomic E-state index is -0.602. The normalized spacial score (nSPS) is 12.1. The third-order valence-electron chi connectivity index (χ3n) is 17.0. The zero-order valence-electron chi connectivity index (χ0n) is 61.0. The number of carbonyl (C=O) groups is 8. The lowest BCUT2D eigenvalue weighted by Crippen LogP contribution is -2.36. The molecule has 4 heterocycles. The fraction of sp³-hybridized carbons (Fsp3) is 0.350. The van der Waals surface area contributed by atoms with Crippen LogP contribution in [0.15, 0.2) is 147 Å². The van der Waals surface area contributed by atoms with Crippen LogP contribution in [-0.2, 0) is 85.7 Å². The number of pyridine rings is 4. The maximum absolute atomic E-state index is 14.2. The molecule has 0 fully saturated rings. The Bertz CT molecular complexity index is 3780.